The second-order valence-electron chi connectivity index (χ2n) is 6.00. The summed E-state index contributed by atoms with van der Waals surface area (Å²) >= 11 is 12.2. The smallest absolute Gasteiger partial charge is 0.316 e. The molecule has 8 heteroatoms. The van der Waals surface area contributed by atoms with Crippen molar-refractivity contribution in [2.45, 2.75) is 26.1 Å². The molecule has 0 aliphatic carbocycles. The van der Waals surface area contributed by atoms with Crippen LogP contribution in [-0.4, -0.2) is 42.3 Å². The number of urea groups is 1. The number of primary amides is 1. The van der Waals surface area contributed by atoms with Crippen molar-refractivity contribution in [3.63, 3.8) is 0 Å². The molecule has 1 fully saturated rings. The average Bonchev–Trinajstić information content (AvgIpc) is 2.93. The van der Waals surface area contributed by atoms with Gasteiger partial charge in [-0.25, -0.2) is 4.79 Å². The Bertz CT molecular complexity index is 635. The molecule has 0 bridgehead atoms. The highest BCUT2D eigenvalue weighted by atomic mass is 35.5. The Morgan fingerprint density at radius 2 is 1.71 bits per heavy atom. The number of rotatable bonds is 5. The van der Waals surface area contributed by atoms with E-state index in [1.807, 2.05) is 4.90 Å². The van der Waals surface area contributed by atoms with Gasteiger partial charge in [-0.2, -0.15) is 0 Å². The number of benzene rings is 1. The summed E-state index contributed by atoms with van der Waals surface area (Å²) in [5.74, 6) is -0.896. The molecule has 0 saturated carbocycles. The molecule has 2 rings (SSSR count). The molecule has 4 unspecified atom stereocenters. The van der Waals surface area contributed by atoms with Gasteiger partial charge in [0.2, 0.25) is 0 Å². The zero-order valence-corrected chi connectivity index (χ0v) is 14.9. The van der Waals surface area contributed by atoms with Crippen molar-refractivity contribution in [2.75, 3.05) is 11.4 Å². The van der Waals surface area contributed by atoms with Gasteiger partial charge >= 0.3 is 6.03 Å². The molecule has 130 valence electrons. The summed E-state index contributed by atoms with van der Waals surface area (Å²) in [6.45, 7) is 3.69. The fourth-order valence-electron chi connectivity index (χ4n) is 3.11. The largest absolute Gasteiger partial charge is 0.351 e. The van der Waals surface area contributed by atoms with Crippen molar-refractivity contribution in [3.05, 3.63) is 28.2 Å². The molecule has 1 saturated heterocycles. The number of carbonyl (C=O) groups is 3. The molecule has 1 aromatic rings. The topological polar surface area (TPSA) is 83.7 Å². The van der Waals surface area contributed by atoms with E-state index in [2.05, 4.69) is 0 Å². The number of nitrogens with zero attached hydrogens (tertiary/aromatic N) is 2. The molecule has 4 atom stereocenters. The highest BCUT2D eigenvalue weighted by Gasteiger charge is 2.46. The summed E-state index contributed by atoms with van der Waals surface area (Å²) in [6.07, 6.45) is 0.965. The summed E-state index contributed by atoms with van der Waals surface area (Å²) in [4.78, 5) is 37.8. The van der Waals surface area contributed by atoms with Crippen LogP contribution in [0.3, 0.4) is 0 Å². The van der Waals surface area contributed by atoms with E-state index in [1.165, 1.54) is 4.90 Å². The third-order valence-electron chi connectivity index (χ3n) is 4.28. The number of hydrogen-bond acceptors (Lipinski definition) is 4. The SMILES string of the molecule is CC(C=O)C1CN(C(N)=O)C(C(C)C=O)N1c1cc(Cl)cc(Cl)c1. The van der Waals surface area contributed by atoms with Gasteiger partial charge in [-0.05, 0) is 18.2 Å². The second kappa shape index (κ2) is 7.40. The van der Waals surface area contributed by atoms with Crippen molar-refractivity contribution in [1.29, 1.82) is 0 Å². The summed E-state index contributed by atoms with van der Waals surface area (Å²) in [5, 5.41) is 0.843. The molecule has 6 nitrogen and oxygen atoms in total. The van der Waals surface area contributed by atoms with Crippen molar-refractivity contribution >= 4 is 47.5 Å². The van der Waals surface area contributed by atoms with Crippen LogP contribution in [0.5, 0.6) is 0 Å². The van der Waals surface area contributed by atoms with Crippen LogP contribution in [0.1, 0.15) is 13.8 Å². The Kier molecular flexibility index (Phi) is 5.72. The number of carbonyl (C=O) groups excluding carboxylic acids is 3. The predicted octanol–water partition coefficient (Wildman–Crippen LogP) is 2.56. The molecule has 0 spiro atoms. The van der Waals surface area contributed by atoms with Crippen LogP contribution < -0.4 is 10.6 Å². The van der Waals surface area contributed by atoms with Crippen LogP contribution in [0.4, 0.5) is 10.5 Å². The van der Waals surface area contributed by atoms with Crippen LogP contribution in [0.15, 0.2) is 18.2 Å². The molecule has 24 heavy (non-hydrogen) atoms. The van der Waals surface area contributed by atoms with Crippen LogP contribution in [0.2, 0.25) is 10.0 Å². The first-order chi connectivity index (χ1) is 11.3. The summed E-state index contributed by atoms with van der Waals surface area (Å²) in [7, 11) is 0. The van der Waals surface area contributed by atoms with Gasteiger partial charge in [0.15, 0.2) is 0 Å². The predicted molar refractivity (Wildman–Crippen MR) is 93.3 cm³/mol. The summed E-state index contributed by atoms with van der Waals surface area (Å²) < 4.78 is 0. The van der Waals surface area contributed by atoms with Crippen LogP contribution in [-0.2, 0) is 9.59 Å². The summed E-state index contributed by atoms with van der Waals surface area (Å²) in [5.41, 5.74) is 6.12. The third kappa shape index (κ3) is 3.49. The molecule has 2 amide bonds. The van der Waals surface area contributed by atoms with Gasteiger partial charge in [-0.3, -0.25) is 0 Å². The highest BCUT2D eigenvalue weighted by Crippen LogP contribution is 2.36. The summed E-state index contributed by atoms with van der Waals surface area (Å²) in [6, 6.07) is 3.98. The van der Waals surface area contributed by atoms with Crippen LogP contribution in [0, 0.1) is 11.8 Å². The van der Waals surface area contributed by atoms with Gasteiger partial charge in [0.05, 0.1) is 12.0 Å². The highest BCUT2D eigenvalue weighted by molar-refractivity contribution is 6.35. The Hall–Kier alpha value is -1.79. The zero-order chi connectivity index (χ0) is 18.0. The van der Waals surface area contributed by atoms with E-state index < -0.39 is 18.1 Å². The Labute approximate surface area is 150 Å². The van der Waals surface area contributed by atoms with Gasteiger partial charge in [-0.1, -0.05) is 37.0 Å². The first kappa shape index (κ1) is 18.5. The minimum absolute atomic E-state index is 0.238. The fourth-order valence-corrected chi connectivity index (χ4v) is 3.63. The quantitative estimate of drug-likeness (QED) is 0.806. The monoisotopic (exact) mass is 371 g/mol. The normalized spacial score (nSPS) is 23.0. The number of nitrogens with two attached hydrogens (primary N) is 1. The molecule has 1 aromatic carbocycles. The Balaban J connectivity index is 2.58. The number of aldehydes is 2. The van der Waals surface area contributed by atoms with Crippen molar-refractivity contribution in [1.82, 2.24) is 4.90 Å². The fraction of sp³-hybridized carbons (Fsp3) is 0.438. The number of anilines is 1. The molecule has 0 aromatic heterocycles. The number of hydrogen-bond donors (Lipinski definition) is 1. The van der Waals surface area contributed by atoms with E-state index >= 15 is 0 Å². The Morgan fingerprint density at radius 3 is 2.17 bits per heavy atom. The average molecular weight is 372 g/mol. The molecule has 1 heterocycles. The maximum Gasteiger partial charge on any atom is 0.316 e. The lowest BCUT2D eigenvalue weighted by Gasteiger charge is -2.36. The van der Waals surface area contributed by atoms with Crippen molar-refractivity contribution < 1.29 is 14.4 Å². The van der Waals surface area contributed by atoms with E-state index in [4.69, 9.17) is 28.9 Å². The zero-order valence-electron chi connectivity index (χ0n) is 13.4. The van der Waals surface area contributed by atoms with E-state index in [0.29, 0.717) is 15.7 Å². The van der Waals surface area contributed by atoms with Crippen LogP contribution >= 0.6 is 23.2 Å². The van der Waals surface area contributed by atoms with Gasteiger partial charge in [-0.15, -0.1) is 0 Å². The van der Waals surface area contributed by atoms with Gasteiger partial charge in [0.1, 0.15) is 18.7 Å². The van der Waals surface area contributed by atoms with Gasteiger partial charge in [0, 0.05) is 28.2 Å². The lowest BCUT2D eigenvalue weighted by Crippen LogP contribution is -2.50. The maximum atomic E-state index is 11.9. The lowest BCUT2D eigenvalue weighted by molar-refractivity contribution is -0.112. The molecule has 1 aliphatic rings. The van der Waals surface area contributed by atoms with E-state index in [1.54, 1.807) is 32.0 Å². The molecular weight excluding hydrogens is 353 g/mol. The second-order valence-corrected chi connectivity index (χ2v) is 6.87. The molecular formula is C16H19Cl2N3O3. The minimum atomic E-state index is -0.646. The first-order valence-corrected chi connectivity index (χ1v) is 8.26. The minimum Gasteiger partial charge on any atom is -0.351 e. The van der Waals surface area contributed by atoms with Crippen LogP contribution in [0.25, 0.3) is 0 Å². The molecule has 2 N–H and O–H groups in total. The first-order valence-electron chi connectivity index (χ1n) is 7.51. The van der Waals surface area contributed by atoms with E-state index in [0.717, 1.165) is 12.6 Å². The maximum absolute atomic E-state index is 11.9. The number of amides is 2. The molecule has 0 radical (unpaired) electrons. The van der Waals surface area contributed by atoms with Gasteiger partial charge < -0.3 is 25.1 Å². The van der Waals surface area contributed by atoms with Gasteiger partial charge in [0.25, 0.3) is 0 Å². The standard InChI is InChI=1S/C16H19Cl2N3O3/c1-9(7-22)14-6-20(16(19)24)15(10(2)8-23)21(14)13-4-11(17)3-12(18)5-13/h3-5,7-10,14-15H,6H2,1-2H3,(H2,19,24). The Morgan fingerprint density at radius 1 is 1.17 bits per heavy atom. The lowest BCUT2D eigenvalue weighted by atomic mass is 10.0. The van der Waals surface area contributed by atoms with E-state index in [9.17, 15) is 14.4 Å². The molecule has 1 aliphatic heterocycles. The van der Waals surface area contributed by atoms with Crippen molar-refractivity contribution in [2.24, 2.45) is 17.6 Å². The van der Waals surface area contributed by atoms with E-state index in [-0.39, 0.29) is 18.5 Å². The third-order valence-corrected chi connectivity index (χ3v) is 4.72. The number of halogens is 2. The van der Waals surface area contributed by atoms with Crippen molar-refractivity contribution in [3.8, 4) is 0 Å².